The smallest absolute Gasteiger partial charge is 0.146 e. The molecule has 0 atom stereocenters. The topological polar surface area (TPSA) is 0 Å². The van der Waals surface area contributed by atoms with Gasteiger partial charge in [-0.15, -0.1) is 111 Å². The van der Waals surface area contributed by atoms with Crippen molar-refractivity contribution in [1.82, 2.24) is 0 Å². The van der Waals surface area contributed by atoms with Crippen molar-refractivity contribution in [2.24, 2.45) is 0 Å². The van der Waals surface area contributed by atoms with Crippen LogP contribution in [0, 0.1) is 0 Å². The molecule has 0 nitrogen and oxygen atoms in total. The van der Waals surface area contributed by atoms with E-state index in [1.807, 2.05) is 32.7 Å². The first-order chi connectivity index (χ1) is 17.4. The van der Waals surface area contributed by atoms with Crippen molar-refractivity contribution in [2.45, 2.75) is 115 Å². The van der Waals surface area contributed by atoms with E-state index in [-0.39, 0.29) is 0 Å². The number of hydrogen-bond donors (Lipinski definition) is 0. The molecular weight excluding hydrogens is 783 g/mol. The molecule has 1 rings (SSSR count). The highest BCUT2D eigenvalue weighted by Gasteiger charge is 2.32. The predicted octanol–water partition coefficient (Wildman–Crippen LogP) is 13.1. The van der Waals surface area contributed by atoms with Crippen LogP contribution in [0.15, 0.2) is 0 Å². The summed E-state index contributed by atoms with van der Waals surface area (Å²) in [5, 5.41) is 0. The molecule has 0 radical (unpaired) electrons. The van der Waals surface area contributed by atoms with Crippen molar-refractivity contribution >= 4 is 144 Å². The Morgan fingerprint density at radius 1 is 0.333 bits per heavy atom. The molecule has 15 heteroatoms. The van der Waals surface area contributed by atoms with Gasteiger partial charge in [0.05, 0.1) is 0 Å². The Morgan fingerprint density at radius 2 is 0.487 bits per heavy atom. The lowest BCUT2D eigenvalue weighted by molar-refractivity contribution is 0.829. The van der Waals surface area contributed by atoms with Gasteiger partial charge in [0, 0.05) is 0 Å². The Labute approximate surface area is 289 Å². The van der Waals surface area contributed by atoms with Gasteiger partial charge in [-0.2, -0.15) is 0 Å². The number of hydrogen-bond acceptors (Lipinski definition) is 0. The predicted molar refractivity (Wildman–Crippen MR) is 200 cm³/mol. The average Bonchev–Trinajstić information content (AvgIpc) is 2.70. The zero-order chi connectivity index (χ0) is 30.4. The molecule has 228 valence electrons. The summed E-state index contributed by atoms with van der Waals surface area (Å²) in [5.41, 5.74) is 8.00. The summed E-state index contributed by atoms with van der Waals surface area (Å²) < 4.78 is 0. The fourth-order valence-electron chi connectivity index (χ4n) is 4.88. The molecule has 0 N–H and O–H groups in total. The minimum atomic E-state index is -2.38. The normalized spacial score (nSPS) is 13.8. The first-order valence-electron chi connectivity index (χ1n) is 13.5. The van der Waals surface area contributed by atoms with E-state index in [0.717, 1.165) is 75.2 Å². The molecule has 0 aliphatic carbocycles. The highest BCUT2D eigenvalue weighted by molar-refractivity contribution is 7.46. The van der Waals surface area contributed by atoms with Gasteiger partial charge < -0.3 is 0 Å². The maximum atomic E-state index is 6.66. The van der Waals surface area contributed by atoms with Crippen molar-refractivity contribution in [3.05, 3.63) is 33.4 Å². The van der Waals surface area contributed by atoms with Gasteiger partial charge in [-0.1, -0.05) is 13.3 Å². The summed E-state index contributed by atoms with van der Waals surface area (Å²) >= 11 is 66.6. The minimum absolute atomic E-state index is 0.740. The molecule has 0 fully saturated rings. The molecule has 0 amide bonds. The average molecular weight is 826 g/mol. The van der Waals surface area contributed by atoms with Crippen molar-refractivity contribution in [1.29, 1.82) is 0 Å². The minimum Gasteiger partial charge on any atom is -0.146 e. The fraction of sp³-hybridized carbons (Fsp3) is 0.750. The van der Waals surface area contributed by atoms with E-state index in [9.17, 15) is 0 Å². The molecule has 1 aromatic rings. The molecule has 1 aromatic carbocycles. The summed E-state index contributed by atoms with van der Waals surface area (Å²) in [7, 11) is 0. The van der Waals surface area contributed by atoms with Crippen LogP contribution in [0.2, 0.25) is 63.0 Å². The lowest BCUT2D eigenvalue weighted by atomic mass is 9.80. The van der Waals surface area contributed by atoms with Crippen LogP contribution in [-0.2, 0) is 38.5 Å². The van der Waals surface area contributed by atoms with Gasteiger partial charge in [-0.3, -0.25) is 0 Å². The summed E-state index contributed by atoms with van der Waals surface area (Å²) in [6.07, 6.45) is 5.95. The van der Waals surface area contributed by atoms with Gasteiger partial charge in [0.25, 0.3) is 0 Å². The monoisotopic (exact) mass is 820 g/mol. The van der Waals surface area contributed by atoms with E-state index in [2.05, 4.69) is 6.92 Å². The summed E-state index contributed by atoms with van der Waals surface area (Å²) in [5.74, 6) is 0. The Morgan fingerprint density at radius 3 is 0.615 bits per heavy atom. The van der Waals surface area contributed by atoms with Gasteiger partial charge in [0.1, 0.15) is 0 Å². The van der Waals surface area contributed by atoms with E-state index >= 15 is 0 Å². The third-order valence-corrected chi connectivity index (χ3v) is 18.1. The van der Waals surface area contributed by atoms with Crippen LogP contribution >= 0.6 is 111 Å². The lowest BCUT2D eigenvalue weighted by Gasteiger charge is -2.30. The number of rotatable bonds is 17. The van der Waals surface area contributed by atoms with Crippen LogP contribution in [0.5, 0.6) is 0 Å². The molecule has 39 heavy (non-hydrogen) atoms. The van der Waals surface area contributed by atoms with E-state index in [4.69, 9.17) is 111 Å². The molecule has 0 saturated carbocycles. The van der Waals surface area contributed by atoms with Gasteiger partial charge in [0.2, 0.25) is 33.5 Å². The van der Waals surface area contributed by atoms with Gasteiger partial charge in [-0.05, 0) is 135 Å². The van der Waals surface area contributed by atoms with Crippen LogP contribution in [0.3, 0.4) is 0 Å². The van der Waals surface area contributed by atoms with E-state index in [1.165, 1.54) is 33.4 Å². The van der Waals surface area contributed by atoms with Crippen molar-refractivity contribution in [3.63, 3.8) is 0 Å². The standard InChI is InChI=1S/C24H42Cl10Si5/c1-7-8-19-20(9-14-35(2,25)26)22(11-16-37(4,29)30)24(13-18-39(6,33)34)23(12-17-38(5,31)32)21(19)10-15-36(3,27)28/h7-18H2,1-6H3. The van der Waals surface area contributed by atoms with Gasteiger partial charge in [-0.25, -0.2) is 0 Å². The third-order valence-electron chi connectivity index (χ3n) is 6.76. The molecule has 0 aliphatic rings. The molecule has 0 aromatic heterocycles. The Kier molecular flexibility index (Phi) is 17.2. The second-order valence-electron chi connectivity index (χ2n) is 11.5. The first-order valence-corrected chi connectivity index (χ1v) is 37.1. The number of halogens is 10. The zero-order valence-corrected chi connectivity index (χ0v) is 36.3. The quantitative estimate of drug-likeness (QED) is 0.108. The van der Waals surface area contributed by atoms with E-state index in [1.54, 1.807) is 0 Å². The Bertz CT molecular complexity index is 865. The van der Waals surface area contributed by atoms with Crippen molar-refractivity contribution in [3.8, 4) is 0 Å². The maximum Gasteiger partial charge on any atom is 0.248 e. The molecule has 0 heterocycles. The Balaban J connectivity index is 4.10. The molecular formula is C24H42Cl10Si5. The highest BCUT2D eigenvalue weighted by Crippen LogP contribution is 2.40. The van der Waals surface area contributed by atoms with Crippen LogP contribution in [0.25, 0.3) is 0 Å². The van der Waals surface area contributed by atoms with Crippen LogP contribution in [0.1, 0.15) is 46.7 Å². The summed E-state index contributed by atoms with van der Waals surface area (Å²) in [6, 6.07) is 3.76. The van der Waals surface area contributed by atoms with Crippen molar-refractivity contribution < 1.29 is 0 Å². The SMILES string of the molecule is CCCc1c(CC[Si](C)(Cl)Cl)c(CC[Si](C)(Cl)Cl)c(CC[Si](C)(Cl)Cl)c(CC[Si](C)(Cl)Cl)c1CC[Si](C)(Cl)Cl. The van der Waals surface area contributed by atoms with Crippen LogP contribution < -0.4 is 0 Å². The van der Waals surface area contributed by atoms with Crippen LogP contribution in [-0.4, -0.2) is 33.5 Å². The second kappa shape index (κ2) is 16.7. The number of benzene rings is 1. The van der Waals surface area contributed by atoms with Gasteiger partial charge >= 0.3 is 0 Å². The van der Waals surface area contributed by atoms with E-state index < -0.39 is 33.5 Å². The Hall–Kier alpha value is 3.20. The van der Waals surface area contributed by atoms with Crippen LogP contribution in [0.4, 0.5) is 0 Å². The third kappa shape index (κ3) is 17.5. The first kappa shape index (κ1) is 40.2. The molecule has 0 saturated heterocycles. The van der Waals surface area contributed by atoms with Crippen molar-refractivity contribution in [2.75, 3.05) is 0 Å². The summed E-state index contributed by atoms with van der Waals surface area (Å²) in [4.78, 5) is 0. The highest BCUT2D eigenvalue weighted by atomic mass is 35.7. The molecule has 0 unspecified atom stereocenters. The largest absolute Gasteiger partial charge is 0.248 e. The molecule has 0 spiro atoms. The van der Waals surface area contributed by atoms with E-state index in [0.29, 0.717) is 0 Å². The fourth-order valence-corrected chi connectivity index (χ4v) is 11.2. The zero-order valence-electron chi connectivity index (χ0n) is 23.8. The maximum absolute atomic E-state index is 6.66. The summed E-state index contributed by atoms with van der Waals surface area (Å²) in [6.45, 7) is 0.287. The molecule has 0 bridgehead atoms. The lowest BCUT2D eigenvalue weighted by Crippen LogP contribution is -2.23. The molecule has 0 aliphatic heterocycles. The second-order valence-corrected chi connectivity index (χ2v) is 52.6. The van der Waals surface area contributed by atoms with Gasteiger partial charge in [0.15, 0.2) is 0 Å².